The van der Waals surface area contributed by atoms with Gasteiger partial charge in [0.15, 0.2) is 5.82 Å². The predicted octanol–water partition coefficient (Wildman–Crippen LogP) is 1.69. The molecular formula is C7H6ClF2NO. The first-order chi connectivity index (χ1) is 5.57. The number of nitrogen functional groups attached to an aromatic ring is 1. The Labute approximate surface area is 72.6 Å². The van der Waals surface area contributed by atoms with Crippen molar-refractivity contribution >= 4 is 17.3 Å². The van der Waals surface area contributed by atoms with E-state index in [2.05, 4.69) is 0 Å². The molecule has 0 radical (unpaired) electrons. The van der Waals surface area contributed by atoms with Gasteiger partial charge in [-0.2, -0.15) is 0 Å². The van der Waals surface area contributed by atoms with Gasteiger partial charge in [-0.25, -0.2) is 8.78 Å². The molecule has 0 spiro atoms. The zero-order valence-electron chi connectivity index (χ0n) is 5.94. The summed E-state index contributed by atoms with van der Waals surface area (Å²) in [4.78, 5) is 0. The van der Waals surface area contributed by atoms with E-state index in [9.17, 15) is 8.78 Å². The van der Waals surface area contributed by atoms with Crippen molar-refractivity contribution in [2.45, 2.75) is 6.61 Å². The molecule has 66 valence electrons. The molecule has 2 nitrogen and oxygen atoms in total. The molecule has 0 aliphatic rings. The number of rotatable bonds is 1. The average Bonchev–Trinajstić information content (AvgIpc) is 2.08. The van der Waals surface area contributed by atoms with E-state index in [0.29, 0.717) is 0 Å². The number of aliphatic hydroxyl groups is 1. The fourth-order valence-electron chi connectivity index (χ4n) is 0.794. The third kappa shape index (κ3) is 1.35. The molecule has 12 heavy (non-hydrogen) atoms. The lowest BCUT2D eigenvalue weighted by atomic mass is 10.2. The van der Waals surface area contributed by atoms with Crippen molar-refractivity contribution < 1.29 is 13.9 Å². The molecule has 0 aromatic heterocycles. The zero-order chi connectivity index (χ0) is 9.30. The quantitative estimate of drug-likeness (QED) is 0.527. The van der Waals surface area contributed by atoms with Crippen LogP contribution in [-0.2, 0) is 6.61 Å². The topological polar surface area (TPSA) is 46.2 Å². The first kappa shape index (κ1) is 9.22. The molecule has 0 saturated heterocycles. The van der Waals surface area contributed by atoms with Crippen LogP contribution in [0.3, 0.4) is 0 Å². The number of halogens is 3. The normalized spacial score (nSPS) is 10.3. The zero-order valence-corrected chi connectivity index (χ0v) is 6.70. The van der Waals surface area contributed by atoms with Crippen molar-refractivity contribution in [3.8, 4) is 0 Å². The second-order valence-corrected chi connectivity index (χ2v) is 2.60. The number of hydrogen-bond acceptors (Lipinski definition) is 2. The summed E-state index contributed by atoms with van der Waals surface area (Å²) in [6.07, 6.45) is 0. The van der Waals surface area contributed by atoms with Crippen molar-refractivity contribution in [3.63, 3.8) is 0 Å². The highest BCUT2D eigenvalue weighted by Crippen LogP contribution is 2.26. The predicted molar refractivity (Wildman–Crippen MR) is 41.7 cm³/mol. The number of benzene rings is 1. The van der Waals surface area contributed by atoms with Crippen molar-refractivity contribution in [2.24, 2.45) is 0 Å². The van der Waals surface area contributed by atoms with Crippen molar-refractivity contribution in [1.29, 1.82) is 0 Å². The van der Waals surface area contributed by atoms with Gasteiger partial charge in [0.25, 0.3) is 0 Å². The highest BCUT2D eigenvalue weighted by molar-refractivity contribution is 6.31. The van der Waals surface area contributed by atoms with Crippen molar-refractivity contribution in [1.82, 2.24) is 0 Å². The highest BCUT2D eigenvalue weighted by atomic mass is 35.5. The van der Waals surface area contributed by atoms with Crippen LogP contribution in [0.15, 0.2) is 6.07 Å². The Morgan fingerprint density at radius 2 is 2.00 bits per heavy atom. The molecule has 0 atom stereocenters. The lowest BCUT2D eigenvalue weighted by molar-refractivity contribution is 0.275. The average molecular weight is 194 g/mol. The fraction of sp³-hybridized carbons (Fsp3) is 0.143. The number of hydrogen-bond donors (Lipinski definition) is 2. The first-order valence-electron chi connectivity index (χ1n) is 3.10. The van der Waals surface area contributed by atoms with E-state index >= 15 is 0 Å². The van der Waals surface area contributed by atoms with E-state index in [1.165, 1.54) is 0 Å². The minimum Gasteiger partial charge on any atom is -0.396 e. The van der Waals surface area contributed by atoms with Gasteiger partial charge < -0.3 is 10.8 Å². The van der Waals surface area contributed by atoms with Crippen molar-refractivity contribution in [2.75, 3.05) is 5.73 Å². The van der Waals surface area contributed by atoms with Crippen LogP contribution in [-0.4, -0.2) is 5.11 Å². The molecule has 1 rings (SSSR count). The maximum absolute atomic E-state index is 12.9. The van der Waals surface area contributed by atoms with E-state index in [4.69, 9.17) is 22.4 Å². The molecule has 0 unspecified atom stereocenters. The summed E-state index contributed by atoms with van der Waals surface area (Å²) >= 11 is 5.23. The summed E-state index contributed by atoms with van der Waals surface area (Å²) < 4.78 is 25.6. The van der Waals surface area contributed by atoms with E-state index in [-0.39, 0.29) is 11.3 Å². The summed E-state index contributed by atoms with van der Waals surface area (Å²) in [5.41, 5.74) is 4.74. The van der Waals surface area contributed by atoms with Crippen molar-refractivity contribution in [3.05, 3.63) is 28.3 Å². The summed E-state index contributed by atoms with van der Waals surface area (Å²) in [6, 6.07) is 1.01. The van der Waals surface area contributed by atoms with Crippen LogP contribution in [0.1, 0.15) is 5.56 Å². The standard InChI is InChI=1S/C7H6ClF2NO/c8-5-6(9)3(2-12)1-4(11)7(5)10/h1,12H,2,11H2. The molecule has 5 heteroatoms. The second kappa shape index (κ2) is 3.25. The van der Waals surface area contributed by atoms with Gasteiger partial charge in [-0.05, 0) is 6.07 Å². The molecular weight excluding hydrogens is 188 g/mol. The van der Waals surface area contributed by atoms with Gasteiger partial charge in [0.1, 0.15) is 10.8 Å². The molecule has 3 N–H and O–H groups in total. The molecule has 0 bridgehead atoms. The molecule has 0 heterocycles. The Bertz CT molecular complexity index is 317. The van der Waals surface area contributed by atoms with Gasteiger partial charge in [-0.1, -0.05) is 11.6 Å². The smallest absolute Gasteiger partial charge is 0.167 e. The van der Waals surface area contributed by atoms with Crippen LogP contribution in [0.2, 0.25) is 5.02 Å². The monoisotopic (exact) mass is 193 g/mol. The first-order valence-corrected chi connectivity index (χ1v) is 3.48. The lowest BCUT2D eigenvalue weighted by Crippen LogP contribution is -1.99. The van der Waals surface area contributed by atoms with Crippen LogP contribution in [0, 0.1) is 11.6 Å². The van der Waals surface area contributed by atoms with Gasteiger partial charge in [-0.15, -0.1) is 0 Å². The SMILES string of the molecule is Nc1cc(CO)c(F)c(Cl)c1F. The number of nitrogens with two attached hydrogens (primary N) is 1. The molecule has 1 aromatic rings. The van der Waals surface area contributed by atoms with Crippen LogP contribution in [0.4, 0.5) is 14.5 Å². The summed E-state index contributed by atoms with van der Waals surface area (Å²) in [5, 5.41) is 7.90. The highest BCUT2D eigenvalue weighted by Gasteiger charge is 2.14. The maximum Gasteiger partial charge on any atom is 0.167 e. The van der Waals surface area contributed by atoms with Crippen LogP contribution in [0.25, 0.3) is 0 Å². The fourth-order valence-corrected chi connectivity index (χ4v) is 1.02. The summed E-state index contributed by atoms with van der Waals surface area (Å²) in [6.45, 7) is -0.559. The summed E-state index contributed by atoms with van der Waals surface area (Å²) in [7, 11) is 0. The Morgan fingerprint density at radius 1 is 1.42 bits per heavy atom. The van der Waals surface area contributed by atoms with E-state index in [0.717, 1.165) is 6.07 Å². The molecule has 0 fully saturated rings. The third-order valence-electron chi connectivity index (χ3n) is 1.42. The molecule has 0 saturated carbocycles. The van der Waals surface area contributed by atoms with Gasteiger partial charge >= 0.3 is 0 Å². The van der Waals surface area contributed by atoms with E-state index in [1.807, 2.05) is 0 Å². The molecule has 0 aliphatic carbocycles. The minimum atomic E-state index is -0.994. The van der Waals surface area contributed by atoms with Crippen LogP contribution in [0.5, 0.6) is 0 Å². The Morgan fingerprint density at radius 3 is 2.50 bits per heavy atom. The molecule has 1 aromatic carbocycles. The Balaban J connectivity index is 3.39. The largest absolute Gasteiger partial charge is 0.396 e. The van der Waals surface area contributed by atoms with Gasteiger partial charge in [-0.3, -0.25) is 0 Å². The van der Waals surface area contributed by atoms with E-state index < -0.39 is 23.3 Å². The number of anilines is 1. The van der Waals surface area contributed by atoms with Gasteiger partial charge in [0, 0.05) is 5.56 Å². The Kier molecular flexibility index (Phi) is 2.49. The molecule has 0 aliphatic heterocycles. The Hall–Kier alpha value is -0.870. The van der Waals surface area contributed by atoms with Gasteiger partial charge in [0.05, 0.1) is 12.3 Å². The van der Waals surface area contributed by atoms with Gasteiger partial charge in [0.2, 0.25) is 0 Å². The second-order valence-electron chi connectivity index (χ2n) is 2.22. The molecule has 0 amide bonds. The number of aliphatic hydroxyl groups excluding tert-OH is 1. The summed E-state index contributed by atoms with van der Waals surface area (Å²) in [5.74, 6) is -1.96. The minimum absolute atomic E-state index is 0.112. The maximum atomic E-state index is 12.9. The van der Waals surface area contributed by atoms with E-state index in [1.54, 1.807) is 0 Å². The van der Waals surface area contributed by atoms with Crippen LogP contribution < -0.4 is 5.73 Å². The third-order valence-corrected chi connectivity index (χ3v) is 1.75. The lowest BCUT2D eigenvalue weighted by Gasteiger charge is -2.04. The van der Waals surface area contributed by atoms with Crippen LogP contribution >= 0.6 is 11.6 Å².